The summed E-state index contributed by atoms with van der Waals surface area (Å²) in [6.07, 6.45) is 0. The molecule has 6 heteroatoms. The van der Waals surface area contributed by atoms with E-state index in [4.69, 9.17) is 5.73 Å². The number of carbonyl (C=O) groups excluding carboxylic acids is 1. The molecule has 2 aliphatic rings. The molecule has 6 nitrogen and oxygen atoms in total. The molecule has 2 fully saturated rings. The quantitative estimate of drug-likeness (QED) is 0.732. The zero-order valence-corrected chi connectivity index (χ0v) is 12.7. The molecule has 3 N–H and O–H groups in total. The highest BCUT2D eigenvalue weighted by Crippen LogP contribution is 2.64. The minimum atomic E-state index is -0.910. The Kier molecular flexibility index (Phi) is 3.81. The molecule has 1 amide bonds. The van der Waals surface area contributed by atoms with Gasteiger partial charge in [0.15, 0.2) is 0 Å². The highest BCUT2D eigenvalue weighted by molar-refractivity contribution is 5.88. The van der Waals surface area contributed by atoms with Gasteiger partial charge in [-0.1, -0.05) is 20.8 Å². The van der Waals surface area contributed by atoms with Gasteiger partial charge in [-0.25, -0.2) is 4.79 Å². The first-order valence-electron chi connectivity index (χ1n) is 7.19. The molecule has 0 aromatic rings. The smallest absolute Gasteiger partial charge is 0.326 e. The molecule has 1 saturated carbocycles. The van der Waals surface area contributed by atoms with Crippen LogP contribution in [-0.4, -0.2) is 65.5 Å². The average molecular weight is 283 g/mol. The number of likely N-dealkylation sites (N-methyl/N-ethyl adjacent to an activating group) is 1. The monoisotopic (exact) mass is 283 g/mol. The summed E-state index contributed by atoms with van der Waals surface area (Å²) in [4.78, 5) is 27.3. The number of aliphatic carboxylic acids is 1. The van der Waals surface area contributed by atoms with Gasteiger partial charge in [0.1, 0.15) is 6.04 Å². The third kappa shape index (κ3) is 2.31. The molecular formula is C14H25N3O3. The van der Waals surface area contributed by atoms with Crippen molar-refractivity contribution in [2.45, 2.75) is 32.9 Å². The first-order valence-corrected chi connectivity index (χ1v) is 7.19. The van der Waals surface area contributed by atoms with E-state index in [1.165, 1.54) is 4.90 Å². The summed E-state index contributed by atoms with van der Waals surface area (Å²) in [7, 11) is 1.90. The highest BCUT2D eigenvalue weighted by Gasteiger charge is 2.69. The number of hydrogen-bond acceptors (Lipinski definition) is 4. The summed E-state index contributed by atoms with van der Waals surface area (Å²) in [5.74, 6) is -0.781. The maximum absolute atomic E-state index is 12.4. The summed E-state index contributed by atoms with van der Waals surface area (Å²) >= 11 is 0. The van der Waals surface area contributed by atoms with E-state index < -0.39 is 18.1 Å². The molecule has 1 saturated heterocycles. The standard InChI is InChI=1S/C14H25N3O3/c1-5-16(4)7-9(15)12(18)17-6-8-10(14(8,2)3)11(17)13(19)20/h8-11H,5-7,15H2,1-4H3,(H,19,20)/t8-,9-,10-,11-/m0/s1. The molecule has 1 heterocycles. The molecule has 114 valence electrons. The van der Waals surface area contributed by atoms with Crippen LogP contribution in [-0.2, 0) is 9.59 Å². The second-order valence-corrected chi connectivity index (χ2v) is 6.69. The third-order valence-corrected chi connectivity index (χ3v) is 5.11. The number of hydrogen-bond donors (Lipinski definition) is 2. The van der Waals surface area contributed by atoms with Crippen LogP contribution in [0.4, 0.5) is 0 Å². The summed E-state index contributed by atoms with van der Waals surface area (Å²) < 4.78 is 0. The molecule has 2 rings (SSSR count). The summed E-state index contributed by atoms with van der Waals surface area (Å²) in [5.41, 5.74) is 5.97. The topological polar surface area (TPSA) is 86.9 Å². The van der Waals surface area contributed by atoms with E-state index in [9.17, 15) is 14.7 Å². The number of nitrogens with zero attached hydrogens (tertiary/aromatic N) is 2. The minimum Gasteiger partial charge on any atom is -0.480 e. The van der Waals surface area contributed by atoms with Gasteiger partial charge < -0.3 is 20.6 Å². The van der Waals surface area contributed by atoms with Crippen LogP contribution in [0.25, 0.3) is 0 Å². The van der Waals surface area contributed by atoms with Gasteiger partial charge in [-0.3, -0.25) is 4.79 Å². The van der Waals surface area contributed by atoms with Gasteiger partial charge in [-0.2, -0.15) is 0 Å². The lowest BCUT2D eigenvalue weighted by molar-refractivity contribution is -0.150. The predicted molar refractivity (Wildman–Crippen MR) is 75.0 cm³/mol. The Morgan fingerprint density at radius 3 is 2.60 bits per heavy atom. The van der Waals surface area contributed by atoms with Crippen LogP contribution in [0.3, 0.4) is 0 Å². The van der Waals surface area contributed by atoms with Crippen molar-refractivity contribution in [1.29, 1.82) is 0 Å². The number of nitrogens with two attached hydrogens (primary N) is 1. The minimum absolute atomic E-state index is 0.0319. The van der Waals surface area contributed by atoms with Gasteiger partial charge in [-0.05, 0) is 24.9 Å². The highest BCUT2D eigenvalue weighted by atomic mass is 16.4. The largest absolute Gasteiger partial charge is 0.480 e. The number of rotatable bonds is 5. The maximum atomic E-state index is 12.4. The number of carboxylic acids is 1. The van der Waals surface area contributed by atoms with Crippen molar-refractivity contribution in [3.05, 3.63) is 0 Å². The Morgan fingerprint density at radius 2 is 2.10 bits per heavy atom. The molecule has 0 radical (unpaired) electrons. The molecule has 0 spiro atoms. The Bertz CT molecular complexity index is 424. The zero-order chi connectivity index (χ0) is 15.2. The first-order chi connectivity index (χ1) is 9.21. The number of carbonyl (C=O) groups is 2. The Balaban J connectivity index is 2.06. The maximum Gasteiger partial charge on any atom is 0.326 e. The van der Waals surface area contributed by atoms with Gasteiger partial charge in [0, 0.05) is 19.0 Å². The van der Waals surface area contributed by atoms with Crippen LogP contribution < -0.4 is 5.73 Å². The van der Waals surface area contributed by atoms with Gasteiger partial charge in [0.2, 0.25) is 5.91 Å². The predicted octanol–water partition coefficient (Wildman–Crippen LogP) is -0.167. The van der Waals surface area contributed by atoms with Crippen molar-refractivity contribution in [3.8, 4) is 0 Å². The molecule has 1 aliphatic carbocycles. The van der Waals surface area contributed by atoms with Crippen molar-refractivity contribution < 1.29 is 14.7 Å². The number of fused-ring (bicyclic) bond motifs is 1. The van der Waals surface area contributed by atoms with E-state index in [1.807, 2.05) is 18.9 Å². The van der Waals surface area contributed by atoms with Gasteiger partial charge in [0.25, 0.3) is 0 Å². The number of carboxylic acid groups (broad SMARTS) is 1. The van der Waals surface area contributed by atoms with Gasteiger partial charge >= 0.3 is 5.97 Å². The van der Waals surface area contributed by atoms with Crippen molar-refractivity contribution in [2.75, 3.05) is 26.7 Å². The SMILES string of the molecule is CCN(C)C[C@H](N)C(=O)N1C[C@H]2[C@@H]([C@H]1C(=O)O)C2(C)C. The molecule has 0 aromatic heterocycles. The zero-order valence-electron chi connectivity index (χ0n) is 12.7. The summed E-state index contributed by atoms with van der Waals surface area (Å²) in [5, 5.41) is 9.43. The molecule has 20 heavy (non-hydrogen) atoms. The molecular weight excluding hydrogens is 258 g/mol. The second kappa shape index (κ2) is 5.00. The molecule has 0 bridgehead atoms. The van der Waals surface area contributed by atoms with Crippen molar-refractivity contribution in [2.24, 2.45) is 23.0 Å². The second-order valence-electron chi connectivity index (χ2n) is 6.69. The van der Waals surface area contributed by atoms with Crippen LogP contribution >= 0.6 is 0 Å². The lowest BCUT2D eigenvalue weighted by Crippen LogP contribution is -2.54. The van der Waals surface area contributed by atoms with E-state index in [0.29, 0.717) is 19.0 Å². The number of piperidine rings is 1. The fraction of sp³-hybridized carbons (Fsp3) is 0.857. The van der Waals surface area contributed by atoms with Crippen LogP contribution in [0.5, 0.6) is 0 Å². The van der Waals surface area contributed by atoms with Crippen LogP contribution in [0.1, 0.15) is 20.8 Å². The van der Waals surface area contributed by atoms with E-state index in [-0.39, 0.29) is 17.2 Å². The van der Waals surface area contributed by atoms with Crippen molar-refractivity contribution >= 4 is 11.9 Å². The lowest BCUT2D eigenvalue weighted by Gasteiger charge is -2.31. The summed E-state index contributed by atoms with van der Waals surface area (Å²) in [6.45, 7) is 7.93. The van der Waals surface area contributed by atoms with E-state index in [0.717, 1.165) is 6.54 Å². The van der Waals surface area contributed by atoms with Crippen molar-refractivity contribution in [3.63, 3.8) is 0 Å². The average Bonchev–Trinajstić information content (AvgIpc) is 2.78. The van der Waals surface area contributed by atoms with Gasteiger partial charge in [-0.15, -0.1) is 0 Å². The molecule has 0 aromatic carbocycles. The van der Waals surface area contributed by atoms with Crippen LogP contribution in [0, 0.1) is 17.3 Å². The van der Waals surface area contributed by atoms with Gasteiger partial charge in [0.05, 0.1) is 6.04 Å². The van der Waals surface area contributed by atoms with E-state index >= 15 is 0 Å². The van der Waals surface area contributed by atoms with Crippen LogP contribution in [0.15, 0.2) is 0 Å². The Hall–Kier alpha value is -1.14. The fourth-order valence-electron chi connectivity index (χ4n) is 3.55. The number of likely N-dealkylation sites (tertiary alicyclic amines) is 1. The Labute approximate surface area is 119 Å². The third-order valence-electron chi connectivity index (χ3n) is 5.11. The Morgan fingerprint density at radius 1 is 1.50 bits per heavy atom. The normalized spacial score (nSPS) is 32.1. The number of amides is 1. The lowest BCUT2D eigenvalue weighted by atomic mass is 10.0. The molecule has 4 atom stereocenters. The molecule has 0 unspecified atom stereocenters. The van der Waals surface area contributed by atoms with E-state index in [2.05, 4.69) is 13.8 Å². The van der Waals surface area contributed by atoms with Crippen LogP contribution in [0.2, 0.25) is 0 Å². The first kappa shape index (κ1) is 15.3. The summed E-state index contributed by atoms with van der Waals surface area (Å²) in [6, 6.07) is -1.36. The molecule has 1 aliphatic heterocycles. The van der Waals surface area contributed by atoms with E-state index in [1.54, 1.807) is 0 Å². The fourth-order valence-corrected chi connectivity index (χ4v) is 3.55. The van der Waals surface area contributed by atoms with Crippen molar-refractivity contribution in [1.82, 2.24) is 9.80 Å².